The smallest absolute Gasteiger partial charge is 0.266 e. The molecule has 0 unspecified atom stereocenters. The van der Waals surface area contributed by atoms with Crippen LogP contribution in [0.5, 0.6) is 11.5 Å². The lowest BCUT2D eigenvalue weighted by molar-refractivity contribution is -0.126. The summed E-state index contributed by atoms with van der Waals surface area (Å²) >= 11 is 12.2. The van der Waals surface area contributed by atoms with Gasteiger partial charge < -0.3 is 9.47 Å². The molecule has 2 heterocycles. The lowest BCUT2D eigenvalue weighted by Gasteiger charge is -2.29. The third-order valence-electron chi connectivity index (χ3n) is 6.05. The number of fused-ring (bicyclic) bond motifs is 1. The molecule has 0 aromatic heterocycles. The van der Waals surface area contributed by atoms with E-state index in [2.05, 4.69) is 0 Å². The average molecular weight is 499 g/mol. The number of nitrogens with zero attached hydrogens (tertiary/aromatic N) is 2. The first kappa shape index (κ1) is 22.5. The minimum Gasteiger partial charge on any atom is -0.497 e. The predicted molar refractivity (Wildman–Crippen MR) is 129 cm³/mol. The number of halogens is 2. The van der Waals surface area contributed by atoms with Crippen molar-refractivity contribution in [1.82, 2.24) is 0 Å². The molecule has 2 saturated heterocycles. The first-order valence-electron chi connectivity index (χ1n) is 10.5. The van der Waals surface area contributed by atoms with Crippen LogP contribution in [-0.4, -0.2) is 32.1 Å². The van der Waals surface area contributed by atoms with Crippen LogP contribution in [0, 0.1) is 5.92 Å². The molecular weight excluding hydrogens is 479 g/mol. The van der Waals surface area contributed by atoms with Gasteiger partial charge in [0, 0.05) is 11.6 Å². The van der Waals surface area contributed by atoms with E-state index in [-0.39, 0.29) is 5.02 Å². The number of carbonyl (C=O) groups excluding carboxylic acids is 2. The van der Waals surface area contributed by atoms with Crippen LogP contribution in [-0.2, 0) is 14.4 Å². The minimum atomic E-state index is -1.01. The van der Waals surface area contributed by atoms with E-state index in [1.807, 2.05) is 36.4 Å². The van der Waals surface area contributed by atoms with Gasteiger partial charge in [-0.05, 0) is 42.5 Å². The van der Waals surface area contributed by atoms with Crippen LogP contribution in [0.1, 0.15) is 11.6 Å². The summed E-state index contributed by atoms with van der Waals surface area (Å²) in [6, 6.07) is 18.7. The zero-order valence-electron chi connectivity index (χ0n) is 18.3. The molecule has 3 aromatic rings. The summed E-state index contributed by atoms with van der Waals surface area (Å²) in [5.74, 6) is -0.556. The second-order valence-corrected chi connectivity index (χ2v) is 8.69. The van der Waals surface area contributed by atoms with E-state index in [0.717, 1.165) is 4.90 Å². The zero-order valence-corrected chi connectivity index (χ0v) is 19.8. The lowest BCUT2D eigenvalue weighted by atomic mass is 9.90. The number of methoxy groups -OCH3 is 2. The molecule has 2 aliphatic rings. The Labute approximate surface area is 206 Å². The number of hydrogen-bond acceptors (Lipinski definition) is 6. The SMILES string of the molecule is COc1ccc([C@H]2[C@H]3C(=O)N(c4ccc(Cl)c(Cl)c4)C(=O)[C@H]3ON2c2ccccc2)c(OC)c1. The van der Waals surface area contributed by atoms with E-state index < -0.39 is 29.9 Å². The average Bonchev–Trinajstić information content (AvgIpc) is 3.36. The van der Waals surface area contributed by atoms with E-state index in [9.17, 15) is 9.59 Å². The fraction of sp³-hybridized carbons (Fsp3) is 0.200. The highest BCUT2D eigenvalue weighted by Crippen LogP contribution is 2.50. The number of para-hydroxylation sites is 1. The third kappa shape index (κ3) is 3.57. The summed E-state index contributed by atoms with van der Waals surface area (Å²) < 4.78 is 11.0. The van der Waals surface area contributed by atoms with Crippen molar-refractivity contribution >= 4 is 46.4 Å². The Bertz CT molecular complexity index is 1270. The van der Waals surface area contributed by atoms with Crippen molar-refractivity contribution in [2.45, 2.75) is 12.1 Å². The molecule has 174 valence electrons. The second-order valence-electron chi connectivity index (χ2n) is 7.88. The molecule has 0 spiro atoms. The van der Waals surface area contributed by atoms with Gasteiger partial charge in [-0.1, -0.05) is 41.4 Å². The highest BCUT2D eigenvalue weighted by Gasteiger charge is 2.60. The Morgan fingerprint density at radius 3 is 2.26 bits per heavy atom. The highest BCUT2D eigenvalue weighted by molar-refractivity contribution is 6.42. The van der Waals surface area contributed by atoms with Gasteiger partial charge in [-0.25, -0.2) is 9.96 Å². The van der Waals surface area contributed by atoms with E-state index in [1.165, 1.54) is 6.07 Å². The number of benzene rings is 3. The molecule has 0 radical (unpaired) electrons. The molecule has 2 amide bonds. The molecule has 0 saturated carbocycles. The highest BCUT2D eigenvalue weighted by atomic mass is 35.5. The van der Waals surface area contributed by atoms with Gasteiger partial charge in [-0.3, -0.25) is 14.4 Å². The summed E-state index contributed by atoms with van der Waals surface area (Å²) in [4.78, 5) is 34.4. The molecular formula is C25H20Cl2N2O5. The van der Waals surface area contributed by atoms with Crippen molar-refractivity contribution in [2.24, 2.45) is 5.92 Å². The molecule has 0 N–H and O–H groups in total. The number of ether oxygens (including phenoxy) is 2. The van der Waals surface area contributed by atoms with Gasteiger partial charge in [0.2, 0.25) is 5.91 Å². The van der Waals surface area contributed by atoms with Crippen molar-refractivity contribution < 1.29 is 23.9 Å². The largest absolute Gasteiger partial charge is 0.497 e. The molecule has 5 rings (SSSR count). The quantitative estimate of drug-likeness (QED) is 0.458. The zero-order chi connectivity index (χ0) is 24.0. The lowest BCUT2D eigenvalue weighted by Crippen LogP contribution is -2.37. The molecule has 7 nitrogen and oxygen atoms in total. The van der Waals surface area contributed by atoms with Gasteiger partial charge in [-0.2, -0.15) is 0 Å². The Balaban J connectivity index is 1.62. The number of anilines is 2. The Morgan fingerprint density at radius 1 is 0.824 bits per heavy atom. The van der Waals surface area contributed by atoms with Gasteiger partial charge in [0.15, 0.2) is 6.10 Å². The maximum atomic E-state index is 13.7. The standard InChI is InChI=1S/C25H20Cl2N2O5/c1-32-16-9-10-17(20(13-16)33-2)22-21-23(34-29(22)14-6-4-3-5-7-14)25(31)28(24(21)30)15-8-11-18(26)19(27)12-15/h3-13,21-23H,1-2H3/t21-,22+,23+/m1/s1. The fourth-order valence-electron chi connectivity index (χ4n) is 4.47. The first-order valence-corrected chi connectivity index (χ1v) is 11.3. The minimum absolute atomic E-state index is 0.247. The van der Waals surface area contributed by atoms with Crippen LogP contribution in [0.15, 0.2) is 66.7 Å². The normalized spacial score (nSPS) is 21.7. The van der Waals surface area contributed by atoms with Crippen LogP contribution in [0.3, 0.4) is 0 Å². The van der Waals surface area contributed by atoms with E-state index in [0.29, 0.717) is 33.5 Å². The molecule has 0 aliphatic carbocycles. The topological polar surface area (TPSA) is 68.3 Å². The van der Waals surface area contributed by atoms with Gasteiger partial charge >= 0.3 is 0 Å². The molecule has 9 heteroatoms. The van der Waals surface area contributed by atoms with E-state index in [1.54, 1.807) is 43.5 Å². The van der Waals surface area contributed by atoms with Gasteiger partial charge in [-0.15, -0.1) is 0 Å². The summed E-state index contributed by atoms with van der Waals surface area (Å²) in [7, 11) is 3.11. The van der Waals surface area contributed by atoms with Crippen LogP contribution >= 0.6 is 23.2 Å². The van der Waals surface area contributed by atoms with Gasteiger partial charge in [0.1, 0.15) is 17.4 Å². The number of hydroxylamine groups is 1. The maximum absolute atomic E-state index is 13.7. The Kier molecular flexibility index (Phi) is 5.85. The molecule has 3 aromatic carbocycles. The summed E-state index contributed by atoms with van der Waals surface area (Å²) in [6.45, 7) is 0. The van der Waals surface area contributed by atoms with Crippen LogP contribution in [0.4, 0.5) is 11.4 Å². The summed E-state index contributed by atoms with van der Waals surface area (Å²) in [6.07, 6.45) is -1.01. The van der Waals surface area contributed by atoms with Gasteiger partial charge in [0.05, 0.1) is 41.7 Å². The number of hydrogen-bond donors (Lipinski definition) is 0. The Morgan fingerprint density at radius 2 is 1.59 bits per heavy atom. The summed E-state index contributed by atoms with van der Waals surface area (Å²) in [5.41, 5.74) is 1.74. The Hall–Kier alpha value is -3.26. The van der Waals surface area contributed by atoms with Crippen molar-refractivity contribution in [3.05, 3.63) is 82.3 Å². The molecule has 34 heavy (non-hydrogen) atoms. The molecule has 3 atom stereocenters. The summed E-state index contributed by atoms with van der Waals surface area (Å²) in [5, 5.41) is 2.19. The molecule has 0 bridgehead atoms. The number of carbonyl (C=O) groups is 2. The molecule has 2 fully saturated rings. The van der Waals surface area contributed by atoms with Crippen LogP contribution in [0.25, 0.3) is 0 Å². The van der Waals surface area contributed by atoms with E-state index >= 15 is 0 Å². The third-order valence-corrected chi connectivity index (χ3v) is 6.79. The van der Waals surface area contributed by atoms with Crippen LogP contribution in [0.2, 0.25) is 10.0 Å². The fourth-order valence-corrected chi connectivity index (χ4v) is 4.76. The van der Waals surface area contributed by atoms with E-state index in [4.69, 9.17) is 37.5 Å². The number of amides is 2. The van der Waals surface area contributed by atoms with Crippen molar-refractivity contribution in [3.8, 4) is 11.5 Å². The van der Waals surface area contributed by atoms with Crippen LogP contribution < -0.4 is 19.4 Å². The predicted octanol–water partition coefficient (Wildman–Crippen LogP) is 5.06. The first-order chi connectivity index (χ1) is 16.4. The monoisotopic (exact) mass is 498 g/mol. The number of imide groups is 1. The van der Waals surface area contributed by atoms with Crippen molar-refractivity contribution in [3.63, 3.8) is 0 Å². The van der Waals surface area contributed by atoms with Crippen molar-refractivity contribution in [1.29, 1.82) is 0 Å². The van der Waals surface area contributed by atoms with Crippen molar-refractivity contribution in [2.75, 3.05) is 24.2 Å². The van der Waals surface area contributed by atoms with Gasteiger partial charge in [0.25, 0.3) is 5.91 Å². The molecule has 2 aliphatic heterocycles. The second kappa shape index (κ2) is 8.83. The number of rotatable bonds is 5. The maximum Gasteiger partial charge on any atom is 0.266 e.